The van der Waals surface area contributed by atoms with Gasteiger partial charge in [-0.15, -0.1) is 0 Å². The lowest BCUT2D eigenvalue weighted by Gasteiger charge is -2.04. The Hall–Kier alpha value is -2.45. The summed E-state index contributed by atoms with van der Waals surface area (Å²) < 4.78 is 13.6. The van der Waals surface area contributed by atoms with Gasteiger partial charge < -0.3 is 5.32 Å². The molecule has 0 radical (unpaired) electrons. The van der Waals surface area contributed by atoms with Crippen molar-refractivity contribution in [1.29, 1.82) is 5.26 Å². The van der Waals surface area contributed by atoms with Crippen LogP contribution < -0.4 is 5.32 Å². The van der Waals surface area contributed by atoms with Gasteiger partial charge in [-0.2, -0.15) is 5.26 Å². The lowest BCUT2D eigenvalue weighted by Crippen LogP contribution is -2.13. The first kappa shape index (κ1) is 14.9. The summed E-state index contributed by atoms with van der Waals surface area (Å²) in [6.45, 7) is 0. The van der Waals surface area contributed by atoms with Gasteiger partial charge >= 0.3 is 0 Å². The zero-order chi connectivity index (χ0) is 15.2. The molecule has 2 aromatic rings. The van der Waals surface area contributed by atoms with E-state index < -0.39 is 5.91 Å². The first-order valence-corrected chi connectivity index (χ1v) is 6.82. The van der Waals surface area contributed by atoms with Crippen LogP contribution >= 0.6 is 15.9 Å². The number of hydrogen-bond donors (Lipinski definition) is 1. The summed E-state index contributed by atoms with van der Waals surface area (Å²) in [7, 11) is 0. The van der Waals surface area contributed by atoms with Gasteiger partial charge in [-0.05, 0) is 42.0 Å². The fourth-order valence-corrected chi connectivity index (χ4v) is 2.04. The molecule has 5 heteroatoms. The summed E-state index contributed by atoms with van der Waals surface area (Å²) >= 11 is 3.30. The zero-order valence-electron chi connectivity index (χ0n) is 10.8. The molecule has 2 aromatic carbocycles. The molecule has 0 saturated heterocycles. The van der Waals surface area contributed by atoms with Crippen molar-refractivity contribution in [3.8, 4) is 6.07 Å². The summed E-state index contributed by atoms with van der Waals surface area (Å²) in [5, 5.41) is 11.7. The van der Waals surface area contributed by atoms with Crippen molar-refractivity contribution in [2.75, 3.05) is 5.32 Å². The standard InChI is InChI=1S/C16H10BrFN2O/c17-13-2-1-3-15(9-13)20-16(21)12(10-19)8-11-4-6-14(18)7-5-11/h1-9H,(H,20,21). The van der Waals surface area contributed by atoms with Crippen LogP contribution in [0.2, 0.25) is 0 Å². The van der Waals surface area contributed by atoms with Gasteiger partial charge in [0.1, 0.15) is 17.5 Å². The first-order chi connectivity index (χ1) is 10.1. The monoisotopic (exact) mass is 344 g/mol. The molecule has 3 nitrogen and oxygen atoms in total. The molecule has 2 rings (SSSR count). The van der Waals surface area contributed by atoms with Crippen molar-refractivity contribution in [1.82, 2.24) is 0 Å². The van der Waals surface area contributed by atoms with E-state index in [1.54, 1.807) is 18.2 Å². The minimum Gasteiger partial charge on any atom is -0.321 e. The molecule has 0 aliphatic rings. The molecule has 0 atom stereocenters. The third-order valence-electron chi connectivity index (χ3n) is 2.63. The number of amides is 1. The van der Waals surface area contributed by atoms with Crippen LogP contribution in [-0.2, 0) is 4.79 Å². The maximum atomic E-state index is 12.8. The molecule has 0 unspecified atom stereocenters. The molecule has 0 saturated carbocycles. The summed E-state index contributed by atoms with van der Waals surface area (Å²) in [5.74, 6) is -0.885. The normalized spacial score (nSPS) is 10.8. The predicted octanol–water partition coefficient (Wildman–Crippen LogP) is 4.13. The Morgan fingerprint density at radius 2 is 1.95 bits per heavy atom. The molecule has 1 N–H and O–H groups in total. The number of rotatable bonds is 3. The molecule has 0 aromatic heterocycles. The number of carbonyl (C=O) groups is 1. The van der Waals surface area contributed by atoms with Crippen molar-refractivity contribution in [2.24, 2.45) is 0 Å². The van der Waals surface area contributed by atoms with Gasteiger partial charge in [0.05, 0.1) is 0 Å². The number of benzene rings is 2. The largest absolute Gasteiger partial charge is 0.321 e. The Balaban J connectivity index is 2.19. The zero-order valence-corrected chi connectivity index (χ0v) is 12.4. The molecule has 0 aliphatic heterocycles. The van der Waals surface area contributed by atoms with E-state index in [-0.39, 0.29) is 11.4 Å². The highest BCUT2D eigenvalue weighted by molar-refractivity contribution is 9.10. The van der Waals surface area contributed by atoms with Crippen LogP contribution in [-0.4, -0.2) is 5.91 Å². The molecule has 104 valence electrons. The lowest BCUT2D eigenvalue weighted by molar-refractivity contribution is -0.112. The second-order valence-electron chi connectivity index (χ2n) is 4.19. The number of hydrogen-bond acceptors (Lipinski definition) is 2. The molecule has 21 heavy (non-hydrogen) atoms. The second-order valence-corrected chi connectivity index (χ2v) is 5.10. The molecular formula is C16H10BrFN2O. The Bertz CT molecular complexity index is 733. The van der Waals surface area contributed by atoms with Gasteiger partial charge in [0.15, 0.2) is 0 Å². The topological polar surface area (TPSA) is 52.9 Å². The highest BCUT2D eigenvalue weighted by atomic mass is 79.9. The Labute approximate surface area is 129 Å². The average Bonchev–Trinajstić information content (AvgIpc) is 2.46. The van der Waals surface area contributed by atoms with E-state index in [4.69, 9.17) is 5.26 Å². The van der Waals surface area contributed by atoms with E-state index in [9.17, 15) is 9.18 Å². The quantitative estimate of drug-likeness (QED) is 0.672. The molecule has 0 bridgehead atoms. The maximum absolute atomic E-state index is 12.8. The van der Waals surface area contributed by atoms with Crippen LogP contribution in [0, 0.1) is 17.1 Å². The van der Waals surface area contributed by atoms with E-state index in [2.05, 4.69) is 21.2 Å². The van der Waals surface area contributed by atoms with Crippen LogP contribution in [0.3, 0.4) is 0 Å². The Morgan fingerprint density at radius 3 is 2.57 bits per heavy atom. The maximum Gasteiger partial charge on any atom is 0.266 e. The smallest absolute Gasteiger partial charge is 0.266 e. The number of nitrogens with zero attached hydrogens (tertiary/aromatic N) is 1. The van der Waals surface area contributed by atoms with Crippen molar-refractivity contribution in [2.45, 2.75) is 0 Å². The third kappa shape index (κ3) is 4.26. The van der Waals surface area contributed by atoms with Crippen LogP contribution in [0.4, 0.5) is 10.1 Å². The third-order valence-corrected chi connectivity index (χ3v) is 3.12. The van der Waals surface area contributed by atoms with E-state index in [0.29, 0.717) is 11.3 Å². The van der Waals surface area contributed by atoms with Crippen LogP contribution in [0.5, 0.6) is 0 Å². The average molecular weight is 345 g/mol. The van der Waals surface area contributed by atoms with E-state index in [1.165, 1.54) is 30.3 Å². The molecule has 1 amide bonds. The van der Waals surface area contributed by atoms with Gasteiger partial charge in [-0.25, -0.2) is 4.39 Å². The highest BCUT2D eigenvalue weighted by Crippen LogP contribution is 2.17. The van der Waals surface area contributed by atoms with Gasteiger partial charge in [-0.3, -0.25) is 4.79 Å². The Kier molecular flexibility index (Phi) is 4.85. The molecule has 0 heterocycles. The van der Waals surface area contributed by atoms with Crippen molar-refractivity contribution in [3.05, 3.63) is 70.0 Å². The molecule has 0 fully saturated rings. The summed E-state index contributed by atoms with van der Waals surface area (Å²) in [4.78, 5) is 12.0. The Morgan fingerprint density at radius 1 is 1.24 bits per heavy atom. The first-order valence-electron chi connectivity index (χ1n) is 6.03. The van der Waals surface area contributed by atoms with Gasteiger partial charge in [0.25, 0.3) is 5.91 Å². The summed E-state index contributed by atoms with van der Waals surface area (Å²) in [5.41, 5.74) is 1.11. The number of nitriles is 1. The molecular weight excluding hydrogens is 335 g/mol. The van der Waals surface area contributed by atoms with Gasteiger partial charge in [-0.1, -0.05) is 34.1 Å². The fraction of sp³-hybridized carbons (Fsp3) is 0. The van der Waals surface area contributed by atoms with E-state index in [1.807, 2.05) is 12.1 Å². The van der Waals surface area contributed by atoms with Crippen LogP contribution in [0.1, 0.15) is 5.56 Å². The number of carbonyl (C=O) groups excluding carboxylic acids is 1. The van der Waals surface area contributed by atoms with Crippen LogP contribution in [0.15, 0.2) is 58.6 Å². The number of nitrogens with one attached hydrogen (secondary N) is 1. The fourth-order valence-electron chi connectivity index (χ4n) is 1.64. The van der Waals surface area contributed by atoms with Gasteiger partial charge in [0.2, 0.25) is 0 Å². The van der Waals surface area contributed by atoms with Crippen LogP contribution in [0.25, 0.3) is 6.08 Å². The van der Waals surface area contributed by atoms with Crippen molar-refractivity contribution < 1.29 is 9.18 Å². The summed E-state index contributed by atoms with van der Waals surface area (Å²) in [6.07, 6.45) is 1.41. The predicted molar refractivity (Wildman–Crippen MR) is 82.8 cm³/mol. The minimum absolute atomic E-state index is 0.0541. The molecule has 0 aliphatic carbocycles. The lowest BCUT2D eigenvalue weighted by atomic mass is 10.1. The van der Waals surface area contributed by atoms with E-state index in [0.717, 1.165) is 4.47 Å². The number of halogens is 2. The van der Waals surface area contributed by atoms with Crippen molar-refractivity contribution in [3.63, 3.8) is 0 Å². The second kappa shape index (κ2) is 6.82. The number of anilines is 1. The molecule has 0 spiro atoms. The SMILES string of the molecule is N#CC(=Cc1ccc(F)cc1)C(=O)Nc1cccc(Br)c1. The summed E-state index contributed by atoms with van der Waals surface area (Å²) in [6, 6.07) is 14.4. The van der Waals surface area contributed by atoms with E-state index >= 15 is 0 Å². The highest BCUT2D eigenvalue weighted by Gasteiger charge is 2.09. The van der Waals surface area contributed by atoms with Crippen molar-refractivity contribution >= 4 is 33.6 Å². The van der Waals surface area contributed by atoms with Gasteiger partial charge in [0, 0.05) is 10.2 Å². The minimum atomic E-state index is -0.514.